The van der Waals surface area contributed by atoms with Gasteiger partial charge in [-0.3, -0.25) is 0 Å². The van der Waals surface area contributed by atoms with E-state index in [1.54, 1.807) is 5.57 Å². The van der Waals surface area contributed by atoms with Gasteiger partial charge in [-0.15, -0.1) is 12.8 Å². The second-order valence-electron chi connectivity index (χ2n) is 9.89. The highest BCUT2D eigenvalue weighted by Gasteiger charge is 2.28. The first-order valence-corrected chi connectivity index (χ1v) is 15.2. The summed E-state index contributed by atoms with van der Waals surface area (Å²) in [5.41, 5.74) is 1.88. The molecule has 0 fully saturated rings. The van der Waals surface area contributed by atoms with Gasteiger partial charge in [0.1, 0.15) is 0 Å². The first kappa shape index (κ1) is 41.4. The molecule has 2 heteroatoms. The molecule has 1 unspecified atom stereocenters. The summed E-state index contributed by atoms with van der Waals surface area (Å²) in [6.45, 7) is 22.4. The van der Waals surface area contributed by atoms with Crippen LogP contribution in [0.25, 0.3) is 0 Å². The second-order valence-corrected chi connectivity index (χ2v) is 9.89. The number of hydrogen-bond acceptors (Lipinski definition) is 2. The summed E-state index contributed by atoms with van der Waals surface area (Å²) >= 11 is 0. The third-order valence-corrected chi connectivity index (χ3v) is 6.79. The molecule has 0 spiro atoms. The van der Waals surface area contributed by atoms with E-state index in [4.69, 9.17) is 0 Å². The van der Waals surface area contributed by atoms with Crippen molar-refractivity contribution in [1.29, 1.82) is 0 Å². The first-order chi connectivity index (χ1) is 16.9. The van der Waals surface area contributed by atoms with Crippen molar-refractivity contribution < 1.29 is 0 Å². The third-order valence-electron chi connectivity index (χ3n) is 6.79. The van der Waals surface area contributed by atoms with E-state index < -0.39 is 0 Å². The lowest BCUT2D eigenvalue weighted by molar-refractivity contribution is 0.177. The number of hydrogen-bond donors (Lipinski definition) is 1. The zero-order valence-electron chi connectivity index (χ0n) is 26.6. The van der Waals surface area contributed by atoms with Crippen LogP contribution in [-0.4, -0.2) is 37.6 Å². The van der Waals surface area contributed by atoms with Gasteiger partial charge in [-0.05, 0) is 72.0 Å². The van der Waals surface area contributed by atoms with Crippen molar-refractivity contribution in [2.45, 2.75) is 158 Å². The number of nitrogens with one attached hydrogen (secondary N) is 1. The Labute approximate surface area is 225 Å². The SMILES string of the molecule is C#C.CC.CCC=C(C)CCCC.CCCCC(CCCC)(CN(C)CCC(CC)CCC)NC. The second kappa shape index (κ2) is 33.2. The van der Waals surface area contributed by atoms with Gasteiger partial charge in [-0.1, -0.05) is 118 Å². The minimum Gasteiger partial charge on any atom is -0.313 e. The number of likely N-dealkylation sites (N-methyl/N-ethyl adjacent to an activating group) is 2. The molecule has 0 amide bonds. The summed E-state index contributed by atoms with van der Waals surface area (Å²) in [6, 6.07) is 0. The molecule has 0 aliphatic carbocycles. The van der Waals surface area contributed by atoms with E-state index in [2.05, 4.69) is 91.7 Å². The normalized spacial score (nSPS) is 12.0. The van der Waals surface area contributed by atoms with Gasteiger partial charge in [0.25, 0.3) is 0 Å². The molecule has 0 aliphatic heterocycles. The number of nitrogens with zero attached hydrogens (tertiary/aromatic N) is 1. The van der Waals surface area contributed by atoms with Crippen molar-refractivity contribution in [3.05, 3.63) is 11.6 Å². The van der Waals surface area contributed by atoms with Crippen molar-refractivity contribution >= 4 is 0 Å². The van der Waals surface area contributed by atoms with Crippen molar-refractivity contribution in [2.75, 3.05) is 27.2 Å². The molecule has 0 radical (unpaired) electrons. The van der Waals surface area contributed by atoms with E-state index in [9.17, 15) is 0 Å². The zero-order valence-corrected chi connectivity index (χ0v) is 26.6. The average Bonchev–Trinajstić information content (AvgIpc) is 2.89. The van der Waals surface area contributed by atoms with Crippen LogP contribution in [-0.2, 0) is 0 Å². The fourth-order valence-electron chi connectivity index (χ4n) is 4.51. The molecule has 0 aliphatic rings. The van der Waals surface area contributed by atoms with Gasteiger partial charge in [-0.2, -0.15) is 0 Å². The lowest BCUT2D eigenvalue weighted by Gasteiger charge is -2.38. The Kier molecular flexibility index (Phi) is 39.2. The quantitative estimate of drug-likeness (QED) is 0.142. The number of terminal acetylenes is 1. The average molecular weight is 495 g/mol. The summed E-state index contributed by atoms with van der Waals surface area (Å²) in [6.07, 6.45) is 28.8. The maximum atomic E-state index is 4.00. The number of unbranched alkanes of at least 4 members (excludes halogenated alkanes) is 3. The minimum atomic E-state index is 0.327. The maximum Gasteiger partial charge on any atom is 0.0305 e. The van der Waals surface area contributed by atoms with Crippen LogP contribution in [0, 0.1) is 18.8 Å². The highest BCUT2D eigenvalue weighted by molar-refractivity contribution is 4.96. The van der Waals surface area contributed by atoms with Crippen LogP contribution in [0.15, 0.2) is 11.6 Å². The molecule has 0 saturated carbocycles. The van der Waals surface area contributed by atoms with Gasteiger partial charge in [0.05, 0.1) is 0 Å². The molecule has 1 N–H and O–H groups in total. The Balaban J connectivity index is -0.000000307. The van der Waals surface area contributed by atoms with Crippen LogP contribution in [0.4, 0.5) is 0 Å². The van der Waals surface area contributed by atoms with Gasteiger partial charge in [0, 0.05) is 12.1 Å². The van der Waals surface area contributed by atoms with Crippen molar-refractivity contribution in [3.8, 4) is 12.8 Å². The molecule has 0 saturated heterocycles. The standard InChI is InChI=1S/C20H44N2.C9H18.C2H6.C2H2/c1-7-11-15-20(21-5,16-12-8-2)18-22(6)17-14-19(10-4)13-9-3;1-4-6-8-9(3)7-5-2;2*1-2/h19,21H,7-18H2,1-6H3;7H,4-6,8H2,1-3H3;1-2H3;1-2H. The Hall–Kier alpha value is -0.780. The molecule has 35 heavy (non-hydrogen) atoms. The topological polar surface area (TPSA) is 15.3 Å². The largest absolute Gasteiger partial charge is 0.313 e. The number of allylic oxidation sites excluding steroid dienone is 2. The van der Waals surface area contributed by atoms with Crippen LogP contribution in [0.2, 0.25) is 0 Å². The maximum absolute atomic E-state index is 4.00. The molecule has 0 rings (SSSR count). The molecule has 0 heterocycles. The summed E-state index contributed by atoms with van der Waals surface area (Å²) in [7, 11) is 4.49. The molecule has 1 atom stereocenters. The fraction of sp³-hybridized carbons (Fsp3) is 0.879. The Morgan fingerprint density at radius 1 is 0.857 bits per heavy atom. The van der Waals surface area contributed by atoms with Gasteiger partial charge in [-0.25, -0.2) is 0 Å². The van der Waals surface area contributed by atoms with E-state index in [-0.39, 0.29) is 0 Å². The van der Waals surface area contributed by atoms with Gasteiger partial charge < -0.3 is 10.2 Å². The van der Waals surface area contributed by atoms with Crippen LogP contribution < -0.4 is 5.32 Å². The van der Waals surface area contributed by atoms with Gasteiger partial charge in [0.2, 0.25) is 0 Å². The van der Waals surface area contributed by atoms with Crippen LogP contribution in [0.5, 0.6) is 0 Å². The van der Waals surface area contributed by atoms with E-state index >= 15 is 0 Å². The van der Waals surface area contributed by atoms with E-state index in [1.165, 1.54) is 103 Å². The van der Waals surface area contributed by atoms with E-state index in [0.29, 0.717) is 5.54 Å². The van der Waals surface area contributed by atoms with Crippen molar-refractivity contribution in [2.24, 2.45) is 5.92 Å². The van der Waals surface area contributed by atoms with Crippen LogP contribution >= 0.6 is 0 Å². The monoisotopic (exact) mass is 495 g/mol. The predicted octanol–water partition coefficient (Wildman–Crippen LogP) is 10.3. The lowest BCUT2D eigenvalue weighted by Crippen LogP contribution is -2.51. The van der Waals surface area contributed by atoms with E-state index in [0.717, 1.165) is 5.92 Å². The van der Waals surface area contributed by atoms with Crippen molar-refractivity contribution in [3.63, 3.8) is 0 Å². The summed E-state index contributed by atoms with van der Waals surface area (Å²) in [5.74, 6) is 0.919. The molecule has 2 nitrogen and oxygen atoms in total. The first-order valence-electron chi connectivity index (χ1n) is 15.2. The Bertz CT molecular complexity index is 416. The highest BCUT2D eigenvalue weighted by Crippen LogP contribution is 2.23. The van der Waals surface area contributed by atoms with Gasteiger partial charge >= 0.3 is 0 Å². The van der Waals surface area contributed by atoms with Crippen molar-refractivity contribution in [1.82, 2.24) is 10.2 Å². The molecule has 0 aromatic carbocycles. The smallest absolute Gasteiger partial charge is 0.0305 e. The highest BCUT2D eigenvalue weighted by atomic mass is 15.1. The summed E-state index contributed by atoms with van der Waals surface area (Å²) in [5, 5.41) is 3.70. The predicted molar refractivity (Wildman–Crippen MR) is 166 cm³/mol. The third kappa shape index (κ3) is 27.7. The molecule has 0 aromatic heterocycles. The van der Waals surface area contributed by atoms with Crippen LogP contribution in [0.3, 0.4) is 0 Å². The lowest BCUT2D eigenvalue weighted by atomic mass is 9.86. The minimum absolute atomic E-state index is 0.327. The molecular weight excluding hydrogens is 424 g/mol. The summed E-state index contributed by atoms with van der Waals surface area (Å²) in [4.78, 5) is 2.58. The molecule has 0 aromatic rings. The Morgan fingerprint density at radius 2 is 1.37 bits per heavy atom. The Morgan fingerprint density at radius 3 is 1.74 bits per heavy atom. The number of rotatable bonds is 19. The fourth-order valence-corrected chi connectivity index (χ4v) is 4.51. The molecule has 212 valence electrons. The molecule has 0 bridgehead atoms. The van der Waals surface area contributed by atoms with Crippen LogP contribution in [0.1, 0.15) is 152 Å². The zero-order chi connectivity index (χ0) is 28.0. The van der Waals surface area contributed by atoms with E-state index in [1.807, 2.05) is 13.8 Å². The summed E-state index contributed by atoms with van der Waals surface area (Å²) < 4.78 is 0. The molecular formula is C33H70N2. The van der Waals surface area contributed by atoms with Gasteiger partial charge in [0.15, 0.2) is 0 Å².